The molecule has 0 saturated heterocycles. The molecule has 0 bridgehead atoms. The van der Waals surface area contributed by atoms with Gasteiger partial charge in [-0.05, 0) is 89.0 Å². The highest BCUT2D eigenvalue weighted by atomic mass is 35.5. The highest BCUT2D eigenvalue weighted by Gasteiger charge is 2.10. The Hall–Kier alpha value is -5.50. The van der Waals surface area contributed by atoms with E-state index in [-0.39, 0.29) is 30.9 Å². The molecule has 4 N–H and O–H groups in total. The average Bonchev–Trinajstić information content (AvgIpc) is 3.14. The van der Waals surface area contributed by atoms with Gasteiger partial charge in [0.25, 0.3) is 0 Å². The summed E-state index contributed by atoms with van der Waals surface area (Å²) in [6.07, 6.45) is 0. The molecule has 7 aromatic rings. The Labute approximate surface area is 303 Å². The van der Waals surface area contributed by atoms with Crippen LogP contribution in [0.15, 0.2) is 103 Å². The molecule has 0 amide bonds. The summed E-state index contributed by atoms with van der Waals surface area (Å²) in [6, 6.07) is 25.7. The van der Waals surface area contributed by atoms with Crippen molar-refractivity contribution < 1.29 is 26.3 Å². The molecule has 0 atom stereocenters. The number of aromatic nitrogens is 4. The van der Waals surface area contributed by atoms with Crippen LogP contribution in [0.2, 0.25) is 10.4 Å². The van der Waals surface area contributed by atoms with Crippen LogP contribution in [-0.2, 0) is 19.6 Å². The van der Waals surface area contributed by atoms with Gasteiger partial charge in [-0.15, -0.1) is 0 Å². The molecule has 0 saturated carbocycles. The second kappa shape index (κ2) is 17.6. The summed E-state index contributed by atoms with van der Waals surface area (Å²) in [7, 11) is 0. The molecule has 2 aromatic heterocycles. The molecule has 0 unspecified atom stereocenters. The van der Waals surface area contributed by atoms with Crippen molar-refractivity contribution >= 4 is 56.8 Å². The van der Waals surface area contributed by atoms with Gasteiger partial charge in [0.2, 0.25) is 11.2 Å². The molecule has 7 rings (SSSR count). The third-order valence-corrected chi connectivity index (χ3v) is 7.69. The third-order valence-electron chi connectivity index (χ3n) is 7.23. The number of fused-ring (bicyclic) bond motifs is 2. The maximum absolute atomic E-state index is 13.4. The lowest BCUT2D eigenvalue weighted by molar-refractivity contribution is 0.507. The lowest BCUT2D eigenvalue weighted by Crippen LogP contribution is -2.08. The van der Waals surface area contributed by atoms with Gasteiger partial charge in [-0.25, -0.2) is 41.3 Å². The van der Waals surface area contributed by atoms with Crippen LogP contribution in [0.4, 0.5) is 38.1 Å². The first-order valence-corrected chi connectivity index (χ1v) is 16.1. The van der Waals surface area contributed by atoms with Crippen molar-refractivity contribution in [2.75, 3.05) is 10.6 Å². The van der Waals surface area contributed by atoms with E-state index in [4.69, 9.17) is 28.9 Å². The van der Waals surface area contributed by atoms with Crippen molar-refractivity contribution in [1.82, 2.24) is 19.9 Å². The Morgan fingerprint density at radius 2 is 0.981 bits per heavy atom. The number of rotatable bonds is 7. The van der Waals surface area contributed by atoms with Crippen molar-refractivity contribution in [3.8, 4) is 0 Å². The zero-order chi connectivity index (χ0) is 37.2. The monoisotopic (exact) mass is 753 g/mol. The normalized spacial score (nSPS) is 10.6. The first-order valence-electron chi connectivity index (χ1n) is 15.3. The molecular formula is C37H27Cl2F6N7. The third kappa shape index (κ3) is 10.1. The fraction of sp³-hybridized carbons (Fsp3) is 0.0811. The summed E-state index contributed by atoms with van der Waals surface area (Å²) in [5.41, 5.74) is 8.28. The zero-order valence-electron chi connectivity index (χ0n) is 26.8. The van der Waals surface area contributed by atoms with E-state index in [1.165, 1.54) is 18.2 Å². The van der Waals surface area contributed by atoms with E-state index in [1.807, 2.05) is 48.5 Å². The van der Waals surface area contributed by atoms with Gasteiger partial charge in [0.1, 0.15) is 11.0 Å². The molecule has 0 aliphatic heterocycles. The summed E-state index contributed by atoms with van der Waals surface area (Å²) in [5, 5.41) is 8.25. The number of nitrogens with two attached hydrogens (primary N) is 1. The van der Waals surface area contributed by atoms with Crippen molar-refractivity contribution in [3.63, 3.8) is 0 Å². The molecule has 15 heteroatoms. The van der Waals surface area contributed by atoms with Crippen LogP contribution in [-0.4, -0.2) is 19.9 Å². The summed E-state index contributed by atoms with van der Waals surface area (Å²) >= 11 is 11.4. The molecule has 0 aliphatic carbocycles. The largest absolute Gasteiger partial charge is 0.365 e. The standard InChI is InChI=1S/C22H16F4N4.C8H4Cl2N2.C7H7F2N/c23-16-7-5-13(9-18(16)25)11-27-21-15-3-1-2-4-20(15)29-22(30-21)28-12-14-6-8-17(24)19(26)10-14;9-7-5-3-1-2-4-6(5)11-8(10)12-7;8-6-2-1-5(4-10)3-7(6)9/h1-10H,11-12H2,(H2,27,28,29,30);1-4H;1-3H,4,10H2. The first kappa shape index (κ1) is 37.7. The Bertz CT molecular complexity index is 2330. The highest BCUT2D eigenvalue weighted by Crippen LogP contribution is 2.24. The van der Waals surface area contributed by atoms with Crippen molar-refractivity contribution in [3.05, 3.63) is 165 Å². The number of hydrogen-bond donors (Lipinski definition) is 3. The van der Waals surface area contributed by atoms with E-state index in [1.54, 1.807) is 0 Å². The van der Waals surface area contributed by atoms with Gasteiger partial charge in [0.15, 0.2) is 34.9 Å². The maximum atomic E-state index is 13.4. The average molecular weight is 755 g/mol. The Morgan fingerprint density at radius 1 is 0.500 bits per heavy atom. The molecule has 5 aromatic carbocycles. The minimum atomic E-state index is -0.928. The topological polar surface area (TPSA) is 102 Å². The predicted molar refractivity (Wildman–Crippen MR) is 191 cm³/mol. The summed E-state index contributed by atoms with van der Waals surface area (Å²) in [6.45, 7) is 0.649. The fourth-order valence-electron chi connectivity index (χ4n) is 4.63. The van der Waals surface area contributed by atoms with E-state index < -0.39 is 34.9 Å². The Morgan fingerprint density at radius 3 is 1.54 bits per heavy atom. The number of nitrogens with one attached hydrogen (secondary N) is 2. The second-order valence-corrected chi connectivity index (χ2v) is 11.6. The fourth-order valence-corrected chi connectivity index (χ4v) is 5.09. The SMILES string of the molecule is Clc1nc(Cl)c2ccccc2n1.Fc1ccc(CNc2nc(NCc3ccc(F)c(F)c3)c3ccccc3n2)cc1F.NCc1ccc(F)c(F)c1. The molecular weight excluding hydrogens is 727 g/mol. The smallest absolute Gasteiger partial charge is 0.225 e. The van der Waals surface area contributed by atoms with Gasteiger partial charge < -0.3 is 16.4 Å². The number of halogens is 8. The summed E-state index contributed by atoms with van der Waals surface area (Å²) in [5.74, 6) is -4.57. The van der Waals surface area contributed by atoms with Gasteiger partial charge in [-0.2, -0.15) is 4.98 Å². The number of para-hydroxylation sites is 2. The maximum Gasteiger partial charge on any atom is 0.225 e. The molecule has 0 radical (unpaired) electrons. The number of hydrogen-bond acceptors (Lipinski definition) is 7. The van der Waals surface area contributed by atoms with Crippen molar-refractivity contribution in [2.45, 2.75) is 19.6 Å². The predicted octanol–water partition coefficient (Wildman–Crippen LogP) is 9.77. The molecule has 7 nitrogen and oxygen atoms in total. The quantitative estimate of drug-likeness (QED) is 0.0847. The van der Waals surface area contributed by atoms with Gasteiger partial charge in [0, 0.05) is 30.4 Å². The molecule has 2 heterocycles. The van der Waals surface area contributed by atoms with Crippen molar-refractivity contribution in [1.29, 1.82) is 0 Å². The number of nitrogens with zero attached hydrogens (tertiary/aromatic N) is 4. The number of benzene rings is 5. The van der Waals surface area contributed by atoms with Gasteiger partial charge in [-0.1, -0.05) is 54.1 Å². The van der Waals surface area contributed by atoms with Crippen LogP contribution < -0.4 is 16.4 Å². The molecule has 52 heavy (non-hydrogen) atoms. The van der Waals surface area contributed by atoms with Gasteiger partial charge >= 0.3 is 0 Å². The Kier molecular flexibility index (Phi) is 12.8. The Balaban J connectivity index is 0.000000193. The van der Waals surface area contributed by atoms with E-state index in [2.05, 4.69) is 30.6 Å². The van der Waals surface area contributed by atoms with E-state index in [0.717, 1.165) is 52.7 Å². The molecule has 0 aliphatic rings. The zero-order valence-corrected chi connectivity index (χ0v) is 28.3. The molecule has 266 valence electrons. The van der Waals surface area contributed by atoms with Crippen LogP contribution in [0.1, 0.15) is 16.7 Å². The van der Waals surface area contributed by atoms with Crippen LogP contribution in [0, 0.1) is 34.9 Å². The minimum Gasteiger partial charge on any atom is -0.365 e. The number of anilines is 2. The van der Waals surface area contributed by atoms with Gasteiger partial charge in [-0.3, -0.25) is 0 Å². The van der Waals surface area contributed by atoms with Gasteiger partial charge in [0.05, 0.1) is 11.0 Å². The first-order chi connectivity index (χ1) is 25.0. The van der Waals surface area contributed by atoms with Crippen LogP contribution in [0.5, 0.6) is 0 Å². The second-order valence-electron chi connectivity index (χ2n) is 10.9. The summed E-state index contributed by atoms with van der Waals surface area (Å²) < 4.78 is 77.6. The van der Waals surface area contributed by atoms with E-state index in [9.17, 15) is 26.3 Å². The highest BCUT2D eigenvalue weighted by molar-refractivity contribution is 6.35. The molecule has 0 spiro atoms. The van der Waals surface area contributed by atoms with Crippen LogP contribution >= 0.6 is 23.2 Å². The van der Waals surface area contributed by atoms with Crippen molar-refractivity contribution in [2.24, 2.45) is 5.73 Å². The van der Waals surface area contributed by atoms with Crippen LogP contribution in [0.3, 0.4) is 0 Å². The summed E-state index contributed by atoms with van der Waals surface area (Å²) in [4.78, 5) is 16.7. The molecule has 0 fully saturated rings. The lowest BCUT2D eigenvalue weighted by Gasteiger charge is -2.12. The van der Waals surface area contributed by atoms with E-state index >= 15 is 0 Å². The minimum absolute atomic E-state index is 0.179. The van der Waals surface area contributed by atoms with Crippen LogP contribution in [0.25, 0.3) is 21.8 Å². The lowest BCUT2D eigenvalue weighted by atomic mass is 10.2. The van der Waals surface area contributed by atoms with E-state index in [0.29, 0.717) is 33.2 Å².